The van der Waals surface area contributed by atoms with E-state index in [0.717, 1.165) is 20.8 Å². The van der Waals surface area contributed by atoms with Crippen molar-refractivity contribution in [3.8, 4) is 12.0 Å². The molecule has 0 aromatic rings. The summed E-state index contributed by atoms with van der Waals surface area (Å²) in [5, 5.41) is 0. The molecule has 0 bridgehead atoms. The van der Waals surface area contributed by atoms with Crippen molar-refractivity contribution in [1.29, 1.82) is 0 Å². The molecule has 10 heteroatoms. The van der Waals surface area contributed by atoms with Gasteiger partial charge in [0.05, 0.1) is 0 Å². The quantitative estimate of drug-likeness (QED) is 0.352. The second kappa shape index (κ2) is 10.4. The van der Waals surface area contributed by atoms with E-state index in [1.807, 2.05) is 0 Å². The first-order chi connectivity index (χ1) is 12.6. The maximum absolute atomic E-state index is 11.6. The molecule has 0 unspecified atom stereocenters. The maximum Gasteiger partial charge on any atom is 0.303 e. The molecule has 10 nitrogen and oxygen atoms in total. The second-order valence-corrected chi connectivity index (χ2v) is 5.54. The van der Waals surface area contributed by atoms with Crippen LogP contribution in [0.15, 0.2) is 0 Å². The number of ether oxygens (including phenoxy) is 6. The molecular weight excluding hydrogens is 364 g/mol. The van der Waals surface area contributed by atoms with Crippen molar-refractivity contribution in [2.75, 3.05) is 6.61 Å². The Morgan fingerprint density at radius 1 is 0.815 bits per heavy atom. The third kappa shape index (κ3) is 7.15. The summed E-state index contributed by atoms with van der Waals surface area (Å²) < 4.78 is 31.4. The summed E-state index contributed by atoms with van der Waals surface area (Å²) in [6.07, 6.45) is -3.78. The molecule has 1 aliphatic rings. The number of carbonyl (C=O) groups is 4. The van der Waals surface area contributed by atoms with Crippen LogP contribution in [0.2, 0.25) is 0 Å². The SMILES string of the molecule is CC#CO[C@@H]1O[C@H](COC(C)=O)[C@@H](OC(C)=O)[C@H](OC(C)=O)[C@@H]1OC(C)=O. The van der Waals surface area contributed by atoms with E-state index in [0.29, 0.717) is 0 Å². The van der Waals surface area contributed by atoms with Crippen molar-refractivity contribution < 1.29 is 47.6 Å². The number of rotatable bonds is 6. The topological polar surface area (TPSA) is 124 Å². The van der Waals surface area contributed by atoms with E-state index in [-0.39, 0.29) is 6.61 Å². The summed E-state index contributed by atoms with van der Waals surface area (Å²) in [6.45, 7) is 5.78. The third-order valence-corrected chi connectivity index (χ3v) is 3.23. The highest BCUT2D eigenvalue weighted by Gasteiger charge is 2.53. The van der Waals surface area contributed by atoms with Crippen molar-refractivity contribution >= 4 is 23.9 Å². The van der Waals surface area contributed by atoms with Gasteiger partial charge in [-0.15, -0.1) is 0 Å². The van der Waals surface area contributed by atoms with E-state index >= 15 is 0 Å². The molecule has 0 aromatic carbocycles. The number of carbonyl (C=O) groups excluding carboxylic acids is 4. The van der Waals surface area contributed by atoms with E-state index in [2.05, 4.69) is 12.0 Å². The highest BCUT2D eigenvalue weighted by molar-refractivity contribution is 5.68. The van der Waals surface area contributed by atoms with E-state index in [9.17, 15) is 19.2 Å². The predicted octanol–water partition coefficient (Wildman–Crippen LogP) is 0.0669. The van der Waals surface area contributed by atoms with Crippen LogP contribution in [0.1, 0.15) is 34.6 Å². The molecule has 0 spiro atoms. The Balaban J connectivity index is 3.28. The van der Waals surface area contributed by atoms with Crippen LogP contribution in [0.3, 0.4) is 0 Å². The predicted molar refractivity (Wildman–Crippen MR) is 86.5 cm³/mol. The van der Waals surface area contributed by atoms with E-state index in [1.54, 1.807) is 0 Å². The second-order valence-electron chi connectivity index (χ2n) is 5.54. The third-order valence-electron chi connectivity index (χ3n) is 3.23. The highest BCUT2D eigenvalue weighted by atomic mass is 16.7. The molecule has 0 N–H and O–H groups in total. The summed E-state index contributed by atoms with van der Waals surface area (Å²) in [6, 6.07) is 0. The molecule has 0 aliphatic carbocycles. The molecule has 0 aromatic heterocycles. The summed E-state index contributed by atoms with van der Waals surface area (Å²) in [5.41, 5.74) is 0. The van der Waals surface area contributed by atoms with Gasteiger partial charge in [0.2, 0.25) is 6.10 Å². The van der Waals surface area contributed by atoms with Crippen molar-refractivity contribution in [3.05, 3.63) is 0 Å². The Labute approximate surface area is 156 Å². The lowest BCUT2D eigenvalue weighted by atomic mass is 9.98. The number of hydrogen-bond acceptors (Lipinski definition) is 10. The molecule has 0 radical (unpaired) electrons. The van der Waals surface area contributed by atoms with Crippen molar-refractivity contribution in [1.82, 2.24) is 0 Å². The summed E-state index contributed by atoms with van der Waals surface area (Å²) >= 11 is 0. The summed E-state index contributed by atoms with van der Waals surface area (Å²) in [5.74, 6) is -0.253. The van der Waals surface area contributed by atoms with Gasteiger partial charge >= 0.3 is 23.9 Å². The van der Waals surface area contributed by atoms with E-state index in [4.69, 9.17) is 28.4 Å². The lowest BCUT2D eigenvalue weighted by Gasteiger charge is -2.43. The van der Waals surface area contributed by atoms with Crippen LogP contribution in [0.25, 0.3) is 0 Å². The largest absolute Gasteiger partial charge is 0.463 e. The lowest BCUT2D eigenvalue weighted by molar-refractivity contribution is -0.294. The summed E-state index contributed by atoms with van der Waals surface area (Å²) in [7, 11) is 0. The van der Waals surface area contributed by atoms with Gasteiger partial charge in [0.25, 0.3) is 6.29 Å². The molecule has 5 atom stereocenters. The monoisotopic (exact) mass is 386 g/mol. The number of hydrogen-bond donors (Lipinski definition) is 0. The normalized spacial score (nSPS) is 26.6. The Bertz CT molecular complexity index is 631. The van der Waals surface area contributed by atoms with Crippen LogP contribution in [0.5, 0.6) is 0 Å². The molecule has 0 saturated carbocycles. The van der Waals surface area contributed by atoms with Crippen LogP contribution in [-0.4, -0.2) is 61.2 Å². The molecule has 0 amide bonds. The van der Waals surface area contributed by atoms with Gasteiger partial charge in [-0.3, -0.25) is 19.2 Å². The van der Waals surface area contributed by atoms with Gasteiger partial charge in [0.15, 0.2) is 12.2 Å². The van der Waals surface area contributed by atoms with Gasteiger partial charge in [-0.05, 0) is 0 Å². The molecule has 1 fully saturated rings. The summed E-state index contributed by atoms with van der Waals surface area (Å²) in [4.78, 5) is 45.7. The molecule has 1 heterocycles. The minimum absolute atomic E-state index is 0.322. The average Bonchev–Trinajstić information content (AvgIpc) is 2.54. The molecule has 150 valence electrons. The Morgan fingerprint density at radius 2 is 1.33 bits per heavy atom. The smallest absolute Gasteiger partial charge is 0.303 e. The minimum atomic E-state index is -1.28. The average molecular weight is 386 g/mol. The van der Waals surface area contributed by atoms with Crippen molar-refractivity contribution in [2.45, 2.75) is 65.3 Å². The van der Waals surface area contributed by atoms with Crippen molar-refractivity contribution in [2.24, 2.45) is 0 Å². The Kier molecular flexibility index (Phi) is 8.55. The fourth-order valence-electron chi connectivity index (χ4n) is 2.40. The first kappa shape index (κ1) is 22.2. The van der Waals surface area contributed by atoms with Crippen LogP contribution < -0.4 is 0 Å². The van der Waals surface area contributed by atoms with Crippen LogP contribution in [-0.2, 0) is 47.6 Å². The van der Waals surface area contributed by atoms with Gasteiger partial charge in [0, 0.05) is 34.6 Å². The molecule has 27 heavy (non-hydrogen) atoms. The zero-order valence-electron chi connectivity index (χ0n) is 15.7. The minimum Gasteiger partial charge on any atom is -0.463 e. The lowest BCUT2D eigenvalue weighted by Crippen LogP contribution is -2.62. The first-order valence-corrected chi connectivity index (χ1v) is 8.03. The molecule has 1 saturated heterocycles. The molecular formula is C17H22O10. The van der Waals surface area contributed by atoms with Gasteiger partial charge in [-0.1, -0.05) is 5.92 Å². The van der Waals surface area contributed by atoms with Crippen LogP contribution >= 0.6 is 0 Å². The standard InChI is InChI=1S/C17H22O10/c1-6-7-22-17-16(26-12(5)21)15(25-11(4)20)14(24-10(3)19)13(27-17)8-23-9(2)18/h13-17H,8H2,1-5H3/t13-,14-,15+,16+,17-/m1/s1. The Hall–Kier alpha value is -2.80. The molecule has 1 aliphatic heterocycles. The fraction of sp³-hybridized carbons (Fsp3) is 0.647. The zero-order valence-corrected chi connectivity index (χ0v) is 15.7. The molecule has 1 rings (SSSR count). The first-order valence-electron chi connectivity index (χ1n) is 8.03. The van der Waals surface area contributed by atoms with Crippen LogP contribution in [0.4, 0.5) is 0 Å². The fourth-order valence-corrected chi connectivity index (χ4v) is 2.40. The zero-order chi connectivity index (χ0) is 20.6. The van der Waals surface area contributed by atoms with Crippen LogP contribution in [0, 0.1) is 12.0 Å². The van der Waals surface area contributed by atoms with E-state index in [1.165, 1.54) is 13.8 Å². The van der Waals surface area contributed by atoms with Gasteiger partial charge in [-0.2, -0.15) is 0 Å². The van der Waals surface area contributed by atoms with Gasteiger partial charge in [-0.25, -0.2) is 0 Å². The highest BCUT2D eigenvalue weighted by Crippen LogP contribution is 2.29. The Morgan fingerprint density at radius 3 is 1.81 bits per heavy atom. The van der Waals surface area contributed by atoms with Gasteiger partial charge in [0.1, 0.15) is 18.8 Å². The van der Waals surface area contributed by atoms with E-state index < -0.39 is 54.6 Å². The maximum atomic E-state index is 11.6. The van der Waals surface area contributed by atoms with Gasteiger partial charge < -0.3 is 28.4 Å². The number of esters is 4. The van der Waals surface area contributed by atoms with Crippen molar-refractivity contribution in [3.63, 3.8) is 0 Å².